The fourth-order valence-electron chi connectivity index (χ4n) is 1.09. The Morgan fingerprint density at radius 2 is 2.07 bits per heavy atom. The number of nitriles is 1. The smallest absolute Gasteiger partial charge is 0.0671 e. The van der Waals surface area contributed by atoms with Crippen LogP contribution in [0.2, 0.25) is 10.0 Å². The minimum Gasteiger partial charge on any atom is -0.382 e. The van der Waals surface area contributed by atoms with Gasteiger partial charge in [0.25, 0.3) is 0 Å². The van der Waals surface area contributed by atoms with Crippen molar-refractivity contribution < 1.29 is 0 Å². The topological polar surface area (TPSA) is 35.8 Å². The maximum absolute atomic E-state index is 8.63. The van der Waals surface area contributed by atoms with Crippen molar-refractivity contribution in [2.75, 3.05) is 11.9 Å². The van der Waals surface area contributed by atoms with E-state index in [4.69, 9.17) is 28.5 Å². The number of benzene rings is 1. The number of hydrogen-bond donors (Lipinski definition) is 1. The lowest BCUT2D eigenvalue weighted by Crippen LogP contribution is -2.09. The molecule has 0 amide bonds. The summed E-state index contributed by atoms with van der Waals surface area (Å²) in [5, 5.41) is 13.0. The molecule has 2 nitrogen and oxygen atoms in total. The Labute approximate surface area is 99.8 Å². The van der Waals surface area contributed by atoms with Crippen molar-refractivity contribution in [2.24, 2.45) is 5.92 Å². The SMILES string of the molecule is Cc1cc(Cl)c(NCC(C)C#N)cc1Cl. The molecule has 0 aliphatic carbocycles. The molecule has 0 saturated heterocycles. The summed E-state index contributed by atoms with van der Waals surface area (Å²) in [7, 11) is 0. The second kappa shape index (κ2) is 5.25. The highest BCUT2D eigenvalue weighted by atomic mass is 35.5. The molecule has 0 heterocycles. The zero-order valence-corrected chi connectivity index (χ0v) is 10.2. The van der Waals surface area contributed by atoms with Crippen LogP contribution >= 0.6 is 23.2 Å². The highest BCUT2D eigenvalue weighted by Crippen LogP contribution is 2.28. The van der Waals surface area contributed by atoms with Gasteiger partial charge in [0.2, 0.25) is 0 Å². The van der Waals surface area contributed by atoms with Crippen molar-refractivity contribution in [1.82, 2.24) is 0 Å². The first kappa shape index (κ1) is 12.2. The van der Waals surface area contributed by atoms with E-state index in [1.165, 1.54) is 0 Å². The predicted octanol–water partition coefficient (Wildman–Crippen LogP) is 3.87. The summed E-state index contributed by atoms with van der Waals surface area (Å²) >= 11 is 12.0. The van der Waals surface area contributed by atoms with Crippen molar-refractivity contribution >= 4 is 28.9 Å². The molecular formula is C11H12Cl2N2. The van der Waals surface area contributed by atoms with Crippen LogP contribution < -0.4 is 5.32 Å². The number of aryl methyl sites for hydroxylation is 1. The molecule has 1 aromatic carbocycles. The molecule has 1 rings (SSSR count). The minimum absolute atomic E-state index is 0.0545. The van der Waals surface area contributed by atoms with Crippen LogP contribution in [-0.2, 0) is 0 Å². The van der Waals surface area contributed by atoms with Gasteiger partial charge in [0.05, 0.1) is 22.7 Å². The first-order valence-electron chi connectivity index (χ1n) is 4.63. The van der Waals surface area contributed by atoms with Gasteiger partial charge in [-0.1, -0.05) is 23.2 Å². The fraction of sp³-hybridized carbons (Fsp3) is 0.364. The number of hydrogen-bond acceptors (Lipinski definition) is 2. The Bertz CT molecular complexity index is 396. The average molecular weight is 243 g/mol. The summed E-state index contributed by atoms with van der Waals surface area (Å²) in [5.74, 6) is -0.0545. The molecule has 1 aromatic rings. The molecule has 1 atom stereocenters. The molecule has 0 aliphatic heterocycles. The van der Waals surface area contributed by atoms with Crippen LogP contribution in [0.25, 0.3) is 0 Å². The van der Waals surface area contributed by atoms with Gasteiger partial charge in [-0.25, -0.2) is 0 Å². The van der Waals surface area contributed by atoms with Crippen LogP contribution in [0.4, 0.5) is 5.69 Å². The lowest BCUT2D eigenvalue weighted by molar-refractivity contribution is 0.786. The molecular weight excluding hydrogens is 231 g/mol. The van der Waals surface area contributed by atoms with E-state index in [0.717, 1.165) is 11.3 Å². The zero-order chi connectivity index (χ0) is 11.4. The van der Waals surface area contributed by atoms with E-state index in [-0.39, 0.29) is 5.92 Å². The third kappa shape index (κ3) is 3.30. The maximum Gasteiger partial charge on any atom is 0.0671 e. The Hall–Kier alpha value is -0.910. The van der Waals surface area contributed by atoms with Crippen molar-refractivity contribution in [3.63, 3.8) is 0 Å². The summed E-state index contributed by atoms with van der Waals surface area (Å²) in [4.78, 5) is 0. The van der Waals surface area contributed by atoms with E-state index < -0.39 is 0 Å². The minimum atomic E-state index is -0.0545. The fourth-order valence-corrected chi connectivity index (χ4v) is 1.54. The van der Waals surface area contributed by atoms with Crippen molar-refractivity contribution in [3.8, 4) is 6.07 Å². The molecule has 0 saturated carbocycles. The first-order valence-corrected chi connectivity index (χ1v) is 5.39. The molecule has 0 bridgehead atoms. The summed E-state index contributed by atoms with van der Waals surface area (Å²) in [5.41, 5.74) is 1.72. The van der Waals surface area contributed by atoms with E-state index in [1.807, 2.05) is 19.9 Å². The largest absolute Gasteiger partial charge is 0.382 e. The molecule has 0 fully saturated rings. The van der Waals surface area contributed by atoms with Gasteiger partial charge in [-0.15, -0.1) is 0 Å². The Balaban J connectivity index is 2.78. The normalized spacial score (nSPS) is 11.9. The predicted molar refractivity (Wildman–Crippen MR) is 64.5 cm³/mol. The van der Waals surface area contributed by atoms with Crippen LogP contribution in [-0.4, -0.2) is 6.54 Å². The Kier molecular flexibility index (Phi) is 4.26. The summed E-state index contributed by atoms with van der Waals surface area (Å²) in [6, 6.07) is 5.73. The van der Waals surface area contributed by atoms with Crippen LogP contribution in [0, 0.1) is 24.2 Å². The van der Waals surface area contributed by atoms with Crippen LogP contribution in [0.15, 0.2) is 12.1 Å². The second-order valence-electron chi connectivity index (χ2n) is 3.49. The highest BCUT2D eigenvalue weighted by molar-refractivity contribution is 6.35. The van der Waals surface area contributed by atoms with Crippen LogP contribution in [0.3, 0.4) is 0 Å². The number of rotatable bonds is 3. The average Bonchev–Trinajstić information content (AvgIpc) is 2.21. The van der Waals surface area contributed by atoms with Gasteiger partial charge in [0.15, 0.2) is 0 Å². The summed E-state index contributed by atoms with van der Waals surface area (Å²) in [6.07, 6.45) is 0. The highest BCUT2D eigenvalue weighted by Gasteiger charge is 2.05. The van der Waals surface area contributed by atoms with Crippen LogP contribution in [0.1, 0.15) is 12.5 Å². The second-order valence-corrected chi connectivity index (χ2v) is 4.31. The molecule has 4 heteroatoms. The molecule has 0 radical (unpaired) electrons. The molecule has 80 valence electrons. The lowest BCUT2D eigenvalue weighted by Gasteiger charge is -2.10. The Morgan fingerprint density at radius 1 is 1.40 bits per heavy atom. The number of nitrogens with one attached hydrogen (secondary N) is 1. The van der Waals surface area contributed by atoms with E-state index in [9.17, 15) is 0 Å². The van der Waals surface area contributed by atoms with Crippen molar-refractivity contribution in [3.05, 3.63) is 27.7 Å². The van der Waals surface area contributed by atoms with E-state index >= 15 is 0 Å². The van der Waals surface area contributed by atoms with Gasteiger partial charge in [-0.05, 0) is 31.5 Å². The van der Waals surface area contributed by atoms with Gasteiger partial charge in [0, 0.05) is 11.6 Å². The molecule has 0 aromatic heterocycles. The zero-order valence-electron chi connectivity index (χ0n) is 8.64. The van der Waals surface area contributed by atoms with Gasteiger partial charge >= 0.3 is 0 Å². The first-order chi connectivity index (χ1) is 7.04. The molecule has 0 aliphatic rings. The maximum atomic E-state index is 8.63. The van der Waals surface area contributed by atoms with E-state index in [2.05, 4.69) is 11.4 Å². The third-order valence-electron chi connectivity index (χ3n) is 2.07. The van der Waals surface area contributed by atoms with Gasteiger partial charge in [0.1, 0.15) is 0 Å². The molecule has 0 spiro atoms. The van der Waals surface area contributed by atoms with Crippen molar-refractivity contribution in [1.29, 1.82) is 5.26 Å². The monoisotopic (exact) mass is 242 g/mol. The summed E-state index contributed by atoms with van der Waals surface area (Å²) < 4.78 is 0. The quantitative estimate of drug-likeness (QED) is 0.874. The molecule has 1 unspecified atom stereocenters. The number of nitrogens with zero attached hydrogens (tertiary/aromatic N) is 1. The standard InChI is InChI=1S/C11H12Cl2N2/c1-7(5-14)6-15-11-4-9(12)8(2)3-10(11)13/h3-4,7,15H,6H2,1-2H3. The van der Waals surface area contributed by atoms with Crippen LogP contribution in [0.5, 0.6) is 0 Å². The Morgan fingerprint density at radius 3 is 2.67 bits per heavy atom. The summed E-state index contributed by atoms with van der Waals surface area (Å²) in [6.45, 7) is 4.31. The molecule has 15 heavy (non-hydrogen) atoms. The number of halogens is 2. The number of anilines is 1. The van der Waals surface area contributed by atoms with Gasteiger partial charge in [-0.3, -0.25) is 0 Å². The third-order valence-corrected chi connectivity index (χ3v) is 2.79. The van der Waals surface area contributed by atoms with Gasteiger partial charge in [-0.2, -0.15) is 5.26 Å². The van der Waals surface area contributed by atoms with Crippen molar-refractivity contribution in [2.45, 2.75) is 13.8 Å². The van der Waals surface area contributed by atoms with E-state index in [0.29, 0.717) is 16.6 Å². The lowest BCUT2D eigenvalue weighted by atomic mass is 10.2. The molecule has 1 N–H and O–H groups in total. The van der Waals surface area contributed by atoms with Gasteiger partial charge < -0.3 is 5.32 Å². The van der Waals surface area contributed by atoms with E-state index in [1.54, 1.807) is 6.07 Å².